The Morgan fingerprint density at radius 3 is 2.71 bits per heavy atom. The summed E-state index contributed by atoms with van der Waals surface area (Å²) in [6, 6.07) is 5.73. The average molecular weight is 236 g/mol. The van der Waals surface area contributed by atoms with Crippen LogP contribution in [0, 0.1) is 5.92 Å². The first-order valence-corrected chi connectivity index (χ1v) is 5.92. The highest BCUT2D eigenvalue weighted by molar-refractivity contribution is 5.60. The fourth-order valence-electron chi connectivity index (χ4n) is 2.29. The monoisotopic (exact) mass is 236 g/mol. The van der Waals surface area contributed by atoms with E-state index in [9.17, 15) is 5.11 Å². The number of hydrogen-bond acceptors (Lipinski definition) is 4. The van der Waals surface area contributed by atoms with Gasteiger partial charge in [0.2, 0.25) is 0 Å². The number of nitrogens with two attached hydrogens (primary N) is 1. The molecular weight excluding hydrogens is 216 g/mol. The molecule has 1 saturated carbocycles. The third kappa shape index (κ3) is 2.82. The van der Waals surface area contributed by atoms with Crippen LogP contribution in [-0.4, -0.2) is 31.9 Å². The molecule has 2 rings (SSSR count). The van der Waals surface area contributed by atoms with Crippen LogP contribution >= 0.6 is 0 Å². The minimum atomic E-state index is -0.0937. The van der Waals surface area contributed by atoms with Crippen molar-refractivity contribution < 1.29 is 9.84 Å². The van der Waals surface area contributed by atoms with Crippen LogP contribution in [0.4, 0.5) is 11.4 Å². The summed E-state index contributed by atoms with van der Waals surface area (Å²) in [5.41, 5.74) is 7.59. The number of methoxy groups -OCH3 is 1. The minimum absolute atomic E-state index is 0.0937. The number of nitrogen functional groups attached to an aromatic ring is 1. The Labute approximate surface area is 102 Å². The summed E-state index contributed by atoms with van der Waals surface area (Å²) in [6.45, 7) is 0.948. The summed E-state index contributed by atoms with van der Waals surface area (Å²) in [6.07, 6.45) is 1.72. The van der Waals surface area contributed by atoms with Crippen molar-refractivity contribution in [1.82, 2.24) is 0 Å². The second kappa shape index (κ2) is 4.84. The molecule has 0 spiro atoms. The number of aliphatic hydroxyl groups excluding tert-OH is 1. The van der Waals surface area contributed by atoms with Crippen molar-refractivity contribution in [3.8, 4) is 5.75 Å². The molecule has 1 aliphatic rings. The molecule has 4 nitrogen and oxygen atoms in total. The summed E-state index contributed by atoms with van der Waals surface area (Å²) < 4.78 is 5.20. The lowest BCUT2D eigenvalue weighted by Crippen LogP contribution is -2.37. The number of rotatable bonds is 4. The molecule has 0 saturated heterocycles. The molecule has 0 atom stereocenters. The van der Waals surface area contributed by atoms with E-state index >= 15 is 0 Å². The summed E-state index contributed by atoms with van der Waals surface area (Å²) in [5, 5.41) is 9.27. The van der Waals surface area contributed by atoms with Crippen molar-refractivity contribution in [1.29, 1.82) is 0 Å². The maximum atomic E-state index is 9.27. The van der Waals surface area contributed by atoms with Gasteiger partial charge in [0.05, 0.1) is 13.2 Å². The molecule has 0 heterocycles. The topological polar surface area (TPSA) is 58.7 Å². The van der Waals surface area contributed by atoms with Crippen LogP contribution in [0.1, 0.15) is 12.8 Å². The molecule has 0 unspecified atom stereocenters. The van der Waals surface area contributed by atoms with Gasteiger partial charge in [0.1, 0.15) is 5.75 Å². The Kier molecular flexibility index (Phi) is 3.43. The van der Waals surface area contributed by atoms with E-state index in [-0.39, 0.29) is 6.10 Å². The normalized spacial score (nSPS) is 23.0. The Bertz CT molecular complexity index is 389. The summed E-state index contributed by atoms with van der Waals surface area (Å²) in [5.74, 6) is 1.36. The van der Waals surface area contributed by atoms with E-state index in [0.717, 1.165) is 30.8 Å². The summed E-state index contributed by atoms with van der Waals surface area (Å²) in [4.78, 5) is 2.16. The van der Waals surface area contributed by atoms with Crippen molar-refractivity contribution in [2.45, 2.75) is 18.9 Å². The number of ether oxygens (including phenoxy) is 1. The van der Waals surface area contributed by atoms with Gasteiger partial charge in [0, 0.05) is 37.1 Å². The highest BCUT2D eigenvalue weighted by Crippen LogP contribution is 2.30. The molecule has 3 N–H and O–H groups in total. The van der Waals surface area contributed by atoms with Gasteiger partial charge in [-0.3, -0.25) is 0 Å². The van der Waals surface area contributed by atoms with Gasteiger partial charge < -0.3 is 20.5 Å². The van der Waals surface area contributed by atoms with E-state index in [1.165, 1.54) is 0 Å². The average Bonchev–Trinajstić information content (AvgIpc) is 2.26. The van der Waals surface area contributed by atoms with Gasteiger partial charge in [-0.25, -0.2) is 0 Å². The van der Waals surface area contributed by atoms with Crippen LogP contribution in [0.25, 0.3) is 0 Å². The lowest BCUT2D eigenvalue weighted by Gasteiger charge is -2.35. The molecule has 0 aromatic heterocycles. The molecule has 0 aliphatic heterocycles. The molecular formula is C13H20N2O2. The molecule has 1 aromatic rings. The van der Waals surface area contributed by atoms with Gasteiger partial charge in [0.25, 0.3) is 0 Å². The highest BCUT2D eigenvalue weighted by atomic mass is 16.5. The maximum absolute atomic E-state index is 9.27. The minimum Gasteiger partial charge on any atom is -0.497 e. The second-order valence-electron chi connectivity index (χ2n) is 4.84. The maximum Gasteiger partial charge on any atom is 0.122 e. The predicted molar refractivity (Wildman–Crippen MR) is 69.4 cm³/mol. The quantitative estimate of drug-likeness (QED) is 0.778. The highest BCUT2D eigenvalue weighted by Gasteiger charge is 2.28. The fourth-order valence-corrected chi connectivity index (χ4v) is 2.29. The first kappa shape index (κ1) is 12.0. The van der Waals surface area contributed by atoms with E-state index in [4.69, 9.17) is 10.5 Å². The van der Waals surface area contributed by atoms with Gasteiger partial charge in [-0.2, -0.15) is 0 Å². The van der Waals surface area contributed by atoms with E-state index in [2.05, 4.69) is 4.90 Å². The Hall–Kier alpha value is -1.42. The number of anilines is 2. The van der Waals surface area contributed by atoms with Crippen molar-refractivity contribution in [3.05, 3.63) is 18.2 Å². The van der Waals surface area contributed by atoms with E-state index in [1.807, 2.05) is 25.2 Å². The van der Waals surface area contributed by atoms with E-state index < -0.39 is 0 Å². The van der Waals surface area contributed by atoms with Crippen molar-refractivity contribution in [2.24, 2.45) is 5.92 Å². The van der Waals surface area contributed by atoms with E-state index in [0.29, 0.717) is 11.6 Å². The second-order valence-corrected chi connectivity index (χ2v) is 4.84. The van der Waals surface area contributed by atoms with Gasteiger partial charge in [0.15, 0.2) is 0 Å². The SMILES string of the molecule is COc1cc(N)cc(N(C)CC2CC(O)C2)c1. The van der Waals surface area contributed by atoms with Crippen LogP contribution in [0.15, 0.2) is 18.2 Å². The molecule has 1 aliphatic carbocycles. The van der Waals surface area contributed by atoms with Crippen molar-refractivity contribution >= 4 is 11.4 Å². The van der Waals surface area contributed by atoms with Gasteiger partial charge in [-0.1, -0.05) is 0 Å². The van der Waals surface area contributed by atoms with Crippen LogP contribution in [0.2, 0.25) is 0 Å². The van der Waals surface area contributed by atoms with Crippen LogP contribution in [0.3, 0.4) is 0 Å². The van der Waals surface area contributed by atoms with Gasteiger partial charge >= 0.3 is 0 Å². The summed E-state index contributed by atoms with van der Waals surface area (Å²) >= 11 is 0. The number of nitrogens with zero attached hydrogens (tertiary/aromatic N) is 1. The van der Waals surface area contributed by atoms with Crippen LogP contribution in [0.5, 0.6) is 5.75 Å². The number of aliphatic hydroxyl groups is 1. The lowest BCUT2D eigenvalue weighted by molar-refractivity contribution is 0.0465. The zero-order valence-electron chi connectivity index (χ0n) is 10.4. The molecule has 1 aromatic carbocycles. The molecule has 0 amide bonds. The standard InChI is InChI=1S/C13H20N2O2/c1-15(8-9-3-12(16)4-9)11-5-10(14)6-13(7-11)17-2/h5-7,9,12,16H,3-4,8,14H2,1-2H3. The zero-order chi connectivity index (χ0) is 12.4. The molecule has 0 radical (unpaired) electrons. The number of benzene rings is 1. The third-order valence-corrected chi connectivity index (χ3v) is 3.33. The molecule has 0 bridgehead atoms. The Morgan fingerprint density at radius 2 is 2.12 bits per heavy atom. The van der Waals surface area contributed by atoms with Gasteiger partial charge in [-0.05, 0) is 24.8 Å². The first-order chi connectivity index (χ1) is 8.08. The Morgan fingerprint density at radius 1 is 1.41 bits per heavy atom. The summed E-state index contributed by atoms with van der Waals surface area (Å²) in [7, 11) is 3.68. The fraction of sp³-hybridized carbons (Fsp3) is 0.538. The molecule has 4 heteroatoms. The lowest BCUT2D eigenvalue weighted by atomic mass is 9.82. The van der Waals surface area contributed by atoms with Crippen molar-refractivity contribution in [2.75, 3.05) is 31.3 Å². The molecule has 1 fully saturated rings. The molecule has 17 heavy (non-hydrogen) atoms. The smallest absolute Gasteiger partial charge is 0.122 e. The first-order valence-electron chi connectivity index (χ1n) is 5.92. The third-order valence-electron chi connectivity index (χ3n) is 3.33. The van der Waals surface area contributed by atoms with E-state index in [1.54, 1.807) is 7.11 Å². The predicted octanol–water partition coefficient (Wildman–Crippen LogP) is 1.48. The van der Waals surface area contributed by atoms with Gasteiger partial charge in [-0.15, -0.1) is 0 Å². The van der Waals surface area contributed by atoms with Crippen molar-refractivity contribution in [3.63, 3.8) is 0 Å². The largest absolute Gasteiger partial charge is 0.497 e. The Balaban J connectivity index is 2.02. The molecule has 94 valence electrons. The zero-order valence-corrected chi connectivity index (χ0v) is 10.4. The number of hydrogen-bond donors (Lipinski definition) is 2. The van der Waals surface area contributed by atoms with Crippen LogP contribution < -0.4 is 15.4 Å². The van der Waals surface area contributed by atoms with Crippen LogP contribution in [-0.2, 0) is 0 Å².